The number of nitrogens with zero attached hydrogens (tertiary/aromatic N) is 4. The average Bonchev–Trinajstić information content (AvgIpc) is 3.24. The normalized spacial score (nSPS) is 11.3. The predicted molar refractivity (Wildman–Crippen MR) is 98.9 cm³/mol. The lowest BCUT2D eigenvalue weighted by atomic mass is 10.3. The molecule has 0 aliphatic heterocycles. The van der Waals surface area contributed by atoms with E-state index in [9.17, 15) is 0 Å². The predicted octanol–water partition coefficient (Wildman–Crippen LogP) is 4.75. The Morgan fingerprint density at radius 1 is 1.28 bits per heavy atom. The minimum Gasteiger partial charge on any atom is -0.486 e. The molecule has 3 rings (SSSR count). The van der Waals surface area contributed by atoms with Crippen LogP contribution in [-0.2, 0) is 6.61 Å². The van der Waals surface area contributed by atoms with Gasteiger partial charge in [0, 0.05) is 6.07 Å². The molecule has 6 nitrogen and oxygen atoms in total. The number of furan rings is 1. The average molecular weight is 397 g/mol. The minimum absolute atomic E-state index is 0.273. The van der Waals surface area contributed by atoms with Crippen LogP contribution in [0.25, 0.3) is 0 Å². The quantitative estimate of drug-likeness (QED) is 0.425. The van der Waals surface area contributed by atoms with Crippen LogP contribution >= 0.6 is 35.0 Å². The number of hydrogen-bond donors (Lipinski definition) is 0. The summed E-state index contributed by atoms with van der Waals surface area (Å²) in [6.07, 6.45) is 3.15. The van der Waals surface area contributed by atoms with Crippen molar-refractivity contribution in [1.29, 1.82) is 0 Å². The molecule has 9 heteroatoms. The van der Waals surface area contributed by atoms with E-state index in [-0.39, 0.29) is 6.61 Å². The van der Waals surface area contributed by atoms with Crippen molar-refractivity contribution in [2.45, 2.75) is 18.7 Å². The molecule has 0 spiro atoms. The Labute approximate surface area is 158 Å². The highest BCUT2D eigenvalue weighted by Gasteiger charge is 2.05. The number of ether oxygens (including phenoxy) is 1. The first-order valence-corrected chi connectivity index (χ1v) is 9.13. The fourth-order valence-corrected chi connectivity index (χ4v) is 2.78. The van der Waals surface area contributed by atoms with Crippen molar-refractivity contribution < 1.29 is 9.15 Å². The van der Waals surface area contributed by atoms with Gasteiger partial charge in [0.15, 0.2) is 0 Å². The minimum atomic E-state index is 0.273. The summed E-state index contributed by atoms with van der Waals surface area (Å²) in [7, 11) is 0. The molecule has 0 amide bonds. The number of aromatic nitrogens is 3. The molecule has 0 radical (unpaired) electrons. The molecule has 0 saturated heterocycles. The molecule has 0 unspecified atom stereocenters. The molecule has 1 aromatic carbocycles. The van der Waals surface area contributed by atoms with Gasteiger partial charge in [-0.05, 0) is 30.0 Å². The zero-order chi connectivity index (χ0) is 17.6. The van der Waals surface area contributed by atoms with Gasteiger partial charge in [-0.25, -0.2) is 0 Å². The van der Waals surface area contributed by atoms with Crippen LogP contribution in [0, 0.1) is 0 Å². The number of hydrogen-bond acceptors (Lipinski definition) is 6. The molecular formula is C16H14Cl2N4O2S. The Balaban J connectivity index is 1.61. The zero-order valence-electron chi connectivity index (χ0n) is 13.2. The highest BCUT2D eigenvalue weighted by atomic mass is 35.5. The molecule has 0 aliphatic carbocycles. The van der Waals surface area contributed by atoms with Crippen LogP contribution in [0.5, 0.6) is 5.75 Å². The van der Waals surface area contributed by atoms with Gasteiger partial charge in [0.1, 0.15) is 30.2 Å². The molecule has 2 heterocycles. The number of rotatable bonds is 7. The third-order valence-corrected chi connectivity index (χ3v) is 4.59. The maximum atomic E-state index is 5.96. The van der Waals surface area contributed by atoms with E-state index < -0.39 is 0 Å². The molecular weight excluding hydrogens is 383 g/mol. The Kier molecular flexibility index (Phi) is 6.01. The summed E-state index contributed by atoms with van der Waals surface area (Å²) in [5, 5.41) is 13.8. The fraction of sp³-hybridized carbons (Fsp3) is 0.188. The summed E-state index contributed by atoms with van der Waals surface area (Å²) in [6.45, 7) is 2.31. The van der Waals surface area contributed by atoms with Crippen molar-refractivity contribution in [2.75, 3.05) is 5.75 Å². The molecule has 0 bridgehead atoms. The molecule has 3 aromatic rings. The topological polar surface area (TPSA) is 65.4 Å². The molecule has 25 heavy (non-hydrogen) atoms. The van der Waals surface area contributed by atoms with Gasteiger partial charge >= 0.3 is 0 Å². The molecule has 0 N–H and O–H groups in total. The van der Waals surface area contributed by atoms with Crippen molar-refractivity contribution in [3.8, 4) is 5.75 Å². The van der Waals surface area contributed by atoms with E-state index in [0.29, 0.717) is 27.3 Å². The third kappa shape index (κ3) is 4.78. The standard InChI is InChI=1S/C16H14Cl2N4O2S/c1-2-25-16-21-19-10-22(16)20-8-12-3-4-13(24-12)9-23-11-5-6-14(17)15(18)7-11/h3-8,10H,2,9H2,1H3. The molecule has 2 aromatic heterocycles. The van der Waals surface area contributed by atoms with Gasteiger partial charge in [-0.3, -0.25) is 0 Å². The van der Waals surface area contributed by atoms with E-state index in [0.717, 1.165) is 10.9 Å². The molecule has 0 fully saturated rings. The van der Waals surface area contributed by atoms with Crippen LogP contribution < -0.4 is 4.74 Å². The van der Waals surface area contributed by atoms with Gasteiger partial charge < -0.3 is 9.15 Å². The highest BCUT2D eigenvalue weighted by molar-refractivity contribution is 7.99. The van der Waals surface area contributed by atoms with E-state index in [2.05, 4.69) is 15.3 Å². The van der Waals surface area contributed by atoms with E-state index in [1.165, 1.54) is 0 Å². The van der Waals surface area contributed by atoms with Crippen molar-refractivity contribution in [2.24, 2.45) is 5.10 Å². The van der Waals surface area contributed by atoms with Crippen molar-refractivity contribution in [3.05, 3.63) is 58.2 Å². The second-order valence-electron chi connectivity index (χ2n) is 4.80. The van der Waals surface area contributed by atoms with Gasteiger partial charge in [0.05, 0.1) is 16.3 Å². The van der Waals surface area contributed by atoms with Crippen LogP contribution in [0.1, 0.15) is 18.4 Å². The summed E-state index contributed by atoms with van der Waals surface area (Å²) in [5.41, 5.74) is 0. The fourth-order valence-electron chi connectivity index (χ4n) is 1.90. The number of thioether (sulfide) groups is 1. The molecule has 0 aliphatic rings. The second kappa shape index (κ2) is 8.42. The first-order valence-electron chi connectivity index (χ1n) is 7.39. The monoisotopic (exact) mass is 396 g/mol. The van der Waals surface area contributed by atoms with E-state index in [1.54, 1.807) is 47.2 Å². The van der Waals surface area contributed by atoms with Gasteiger partial charge in [0.25, 0.3) is 0 Å². The lowest BCUT2D eigenvalue weighted by Gasteiger charge is -2.05. The molecule has 0 saturated carbocycles. The summed E-state index contributed by atoms with van der Waals surface area (Å²) in [4.78, 5) is 0. The van der Waals surface area contributed by atoms with Gasteiger partial charge in [-0.2, -0.15) is 9.78 Å². The van der Waals surface area contributed by atoms with E-state index >= 15 is 0 Å². The SMILES string of the molecule is CCSc1nncn1N=Cc1ccc(COc2ccc(Cl)c(Cl)c2)o1. The van der Waals surface area contributed by atoms with E-state index in [1.807, 2.05) is 19.1 Å². The maximum absolute atomic E-state index is 5.96. The Morgan fingerprint density at radius 3 is 2.96 bits per heavy atom. The largest absolute Gasteiger partial charge is 0.486 e. The molecule has 0 atom stereocenters. The summed E-state index contributed by atoms with van der Waals surface area (Å²) in [6, 6.07) is 8.73. The summed E-state index contributed by atoms with van der Waals surface area (Å²) in [5.74, 6) is 2.78. The van der Waals surface area contributed by atoms with E-state index in [4.69, 9.17) is 32.4 Å². The Bertz CT molecular complexity index is 879. The van der Waals surface area contributed by atoms with Crippen LogP contribution in [-0.4, -0.2) is 26.8 Å². The smallest absolute Gasteiger partial charge is 0.211 e. The second-order valence-corrected chi connectivity index (χ2v) is 6.85. The summed E-state index contributed by atoms with van der Waals surface area (Å²) < 4.78 is 12.9. The Hall–Kier alpha value is -1.96. The lowest BCUT2D eigenvalue weighted by Crippen LogP contribution is -1.94. The van der Waals surface area contributed by atoms with Gasteiger partial charge in [0.2, 0.25) is 5.16 Å². The Morgan fingerprint density at radius 2 is 2.16 bits per heavy atom. The first kappa shape index (κ1) is 17.8. The van der Waals surface area contributed by atoms with Gasteiger partial charge in [-0.15, -0.1) is 10.2 Å². The number of benzene rings is 1. The zero-order valence-corrected chi connectivity index (χ0v) is 15.6. The maximum Gasteiger partial charge on any atom is 0.211 e. The first-order chi connectivity index (χ1) is 12.2. The van der Waals surface area contributed by atoms with Crippen LogP contribution in [0.3, 0.4) is 0 Å². The number of halogens is 2. The molecule has 130 valence electrons. The van der Waals surface area contributed by atoms with Crippen LogP contribution in [0.4, 0.5) is 0 Å². The lowest BCUT2D eigenvalue weighted by molar-refractivity contribution is 0.270. The van der Waals surface area contributed by atoms with Gasteiger partial charge in [-0.1, -0.05) is 41.9 Å². The van der Waals surface area contributed by atoms with Crippen molar-refractivity contribution in [3.63, 3.8) is 0 Å². The highest BCUT2D eigenvalue weighted by Crippen LogP contribution is 2.26. The third-order valence-electron chi connectivity index (χ3n) is 3.04. The van der Waals surface area contributed by atoms with Crippen molar-refractivity contribution >= 4 is 41.2 Å². The van der Waals surface area contributed by atoms with Crippen LogP contribution in [0.15, 0.2) is 51.3 Å². The summed E-state index contributed by atoms with van der Waals surface area (Å²) >= 11 is 13.4. The van der Waals surface area contributed by atoms with Crippen molar-refractivity contribution in [1.82, 2.24) is 14.9 Å². The van der Waals surface area contributed by atoms with Crippen LogP contribution in [0.2, 0.25) is 10.0 Å².